The zero-order valence-corrected chi connectivity index (χ0v) is 14.1. The molecule has 0 fully saturated rings. The lowest BCUT2D eigenvalue weighted by molar-refractivity contribution is 0.583. The summed E-state index contributed by atoms with van der Waals surface area (Å²) in [4.78, 5) is 1.28. The number of thiophene rings is 1. The molecule has 0 aliphatic rings. The average Bonchev–Trinajstić information content (AvgIpc) is 2.90. The van der Waals surface area contributed by atoms with Gasteiger partial charge in [0.2, 0.25) is 10.0 Å². The molecule has 21 heavy (non-hydrogen) atoms. The number of nitrogens with one attached hydrogen (secondary N) is 1. The lowest BCUT2D eigenvalue weighted by atomic mass is 10.1. The lowest BCUT2D eigenvalue weighted by Gasteiger charge is -2.08. The third-order valence-electron chi connectivity index (χ3n) is 3.10. The third kappa shape index (κ3) is 3.18. The van der Waals surface area contributed by atoms with Crippen LogP contribution in [-0.2, 0) is 16.6 Å². The minimum absolute atomic E-state index is 0.293. The third-order valence-corrected chi connectivity index (χ3v) is 6.19. The van der Waals surface area contributed by atoms with E-state index in [1.165, 1.54) is 11.3 Å². The van der Waals surface area contributed by atoms with E-state index in [0.29, 0.717) is 11.4 Å². The van der Waals surface area contributed by atoms with Crippen LogP contribution in [0.5, 0.6) is 0 Å². The fourth-order valence-electron chi connectivity index (χ4n) is 2.12. The highest BCUT2D eigenvalue weighted by Crippen LogP contribution is 2.24. The van der Waals surface area contributed by atoms with Gasteiger partial charge in [-0.15, -0.1) is 11.3 Å². The van der Waals surface area contributed by atoms with Crippen molar-refractivity contribution < 1.29 is 8.42 Å². The normalized spacial score (nSPS) is 11.9. The van der Waals surface area contributed by atoms with E-state index in [1.54, 1.807) is 12.1 Å². The Labute approximate surface area is 135 Å². The molecule has 0 amide bonds. The van der Waals surface area contributed by atoms with Crippen LogP contribution in [0.4, 0.5) is 0 Å². The van der Waals surface area contributed by atoms with Gasteiger partial charge in [-0.25, -0.2) is 13.1 Å². The molecule has 0 unspecified atom stereocenters. The molecule has 0 spiro atoms. The van der Waals surface area contributed by atoms with E-state index < -0.39 is 10.0 Å². The van der Waals surface area contributed by atoms with Gasteiger partial charge in [-0.1, -0.05) is 36.4 Å². The Morgan fingerprint density at radius 1 is 1.00 bits per heavy atom. The number of rotatable bonds is 4. The van der Waals surface area contributed by atoms with Gasteiger partial charge in [0.1, 0.15) is 0 Å². The van der Waals surface area contributed by atoms with Crippen LogP contribution in [0.25, 0.3) is 10.8 Å². The molecule has 2 aromatic carbocycles. The molecule has 3 aromatic rings. The van der Waals surface area contributed by atoms with Crippen LogP contribution >= 0.6 is 27.3 Å². The Bertz CT molecular complexity index is 882. The highest BCUT2D eigenvalue weighted by Gasteiger charge is 2.16. The highest BCUT2D eigenvalue weighted by molar-refractivity contribution is 9.11. The van der Waals surface area contributed by atoms with Crippen molar-refractivity contribution in [1.29, 1.82) is 0 Å². The molecule has 3 rings (SSSR count). The molecule has 0 bridgehead atoms. The van der Waals surface area contributed by atoms with E-state index in [9.17, 15) is 8.42 Å². The summed E-state index contributed by atoms with van der Waals surface area (Å²) in [5.41, 5.74) is 0. The average molecular weight is 382 g/mol. The summed E-state index contributed by atoms with van der Waals surface area (Å²) in [5.74, 6) is 0. The van der Waals surface area contributed by atoms with Crippen LogP contribution in [-0.4, -0.2) is 8.42 Å². The number of hydrogen-bond acceptors (Lipinski definition) is 3. The first-order chi connectivity index (χ1) is 10.1. The summed E-state index contributed by atoms with van der Waals surface area (Å²) in [6.45, 7) is 0.293. The topological polar surface area (TPSA) is 46.2 Å². The molecule has 0 radical (unpaired) electrons. The Morgan fingerprint density at radius 2 is 1.76 bits per heavy atom. The van der Waals surface area contributed by atoms with Crippen molar-refractivity contribution in [2.75, 3.05) is 0 Å². The summed E-state index contributed by atoms with van der Waals surface area (Å²) in [5, 5.41) is 1.65. The number of sulfonamides is 1. The van der Waals surface area contributed by atoms with Crippen molar-refractivity contribution in [3.8, 4) is 0 Å². The predicted octanol–water partition coefficient (Wildman–Crippen LogP) is 4.14. The first-order valence-electron chi connectivity index (χ1n) is 6.28. The maximum Gasteiger partial charge on any atom is 0.241 e. The smallest absolute Gasteiger partial charge is 0.207 e. The van der Waals surface area contributed by atoms with Crippen LogP contribution in [0.3, 0.4) is 0 Å². The van der Waals surface area contributed by atoms with Crippen molar-refractivity contribution >= 4 is 48.1 Å². The van der Waals surface area contributed by atoms with Crippen LogP contribution in [0.15, 0.2) is 63.3 Å². The Morgan fingerprint density at radius 3 is 2.52 bits per heavy atom. The van der Waals surface area contributed by atoms with E-state index >= 15 is 0 Å². The van der Waals surface area contributed by atoms with Crippen molar-refractivity contribution in [3.05, 3.63) is 63.3 Å². The van der Waals surface area contributed by atoms with Crippen molar-refractivity contribution in [3.63, 3.8) is 0 Å². The molecule has 108 valence electrons. The van der Waals surface area contributed by atoms with E-state index in [1.807, 2.05) is 42.5 Å². The van der Waals surface area contributed by atoms with Gasteiger partial charge in [0.15, 0.2) is 0 Å². The zero-order valence-electron chi connectivity index (χ0n) is 10.9. The first kappa shape index (κ1) is 14.7. The maximum atomic E-state index is 12.5. The summed E-state index contributed by atoms with van der Waals surface area (Å²) in [6.07, 6.45) is 0. The Hall–Kier alpha value is -1.21. The molecule has 0 saturated carbocycles. The van der Waals surface area contributed by atoms with Gasteiger partial charge in [0, 0.05) is 16.8 Å². The number of benzene rings is 2. The van der Waals surface area contributed by atoms with E-state index in [0.717, 1.165) is 19.4 Å². The second-order valence-corrected chi connectivity index (χ2v) is 8.79. The zero-order chi connectivity index (χ0) is 14.9. The predicted molar refractivity (Wildman–Crippen MR) is 90.0 cm³/mol. The van der Waals surface area contributed by atoms with Crippen LogP contribution in [0, 0.1) is 0 Å². The fraction of sp³-hybridized carbons (Fsp3) is 0.0667. The minimum Gasteiger partial charge on any atom is -0.207 e. The molecular weight excluding hydrogens is 370 g/mol. The standard InChI is InChI=1S/C15H12BrNO2S2/c16-15-9-8-12(20-15)10-17-21(18,19)14-7-3-5-11-4-1-2-6-13(11)14/h1-9,17H,10H2. The van der Waals surface area contributed by atoms with Gasteiger partial charge in [-0.05, 0) is 39.5 Å². The number of fused-ring (bicyclic) bond motifs is 1. The second kappa shape index (κ2) is 5.88. The van der Waals surface area contributed by atoms with Gasteiger partial charge >= 0.3 is 0 Å². The van der Waals surface area contributed by atoms with Gasteiger partial charge < -0.3 is 0 Å². The second-order valence-electron chi connectivity index (χ2n) is 4.51. The molecule has 1 heterocycles. The Kier molecular flexibility index (Phi) is 4.12. The lowest BCUT2D eigenvalue weighted by Crippen LogP contribution is -2.23. The maximum absolute atomic E-state index is 12.5. The van der Waals surface area contributed by atoms with Crippen molar-refractivity contribution in [1.82, 2.24) is 4.72 Å². The molecule has 6 heteroatoms. The van der Waals surface area contributed by atoms with Gasteiger partial charge in [-0.2, -0.15) is 0 Å². The fourth-order valence-corrected chi connectivity index (χ4v) is 4.87. The monoisotopic (exact) mass is 381 g/mol. The molecule has 0 atom stereocenters. The summed E-state index contributed by atoms with van der Waals surface area (Å²) >= 11 is 4.89. The van der Waals surface area contributed by atoms with Crippen LogP contribution < -0.4 is 4.72 Å². The van der Waals surface area contributed by atoms with E-state index in [4.69, 9.17) is 0 Å². The van der Waals surface area contributed by atoms with E-state index in [2.05, 4.69) is 20.7 Å². The van der Waals surface area contributed by atoms with Crippen LogP contribution in [0.1, 0.15) is 4.88 Å². The number of hydrogen-bond donors (Lipinski definition) is 1. The first-order valence-corrected chi connectivity index (χ1v) is 9.37. The number of halogens is 1. The van der Waals surface area contributed by atoms with Crippen LogP contribution in [0.2, 0.25) is 0 Å². The molecule has 0 aliphatic carbocycles. The molecule has 1 N–H and O–H groups in total. The largest absolute Gasteiger partial charge is 0.241 e. The van der Waals surface area contributed by atoms with Gasteiger partial charge in [0.25, 0.3) is 0 Å². The molecule has 0 aliphatic heterocycles. The minimum atomic E-state index is -3.53. The van der Waals surface area contributed by atoms with Gasteiger partial charge in [-0.3, -0.25) is 0 Å². The quantitative estimate of drug-likeness (QED) is 0.737. The molecule has 1 aromatic heterocycles. The summed E-state index contributed by atoms with van der Waals surface area (Å²) in [6, 6.07) is 16.6. The molecule has 3 nitrogen and oxygen atoms in total. The summed E-state index contributed by atoms with van der Waals surface area (Å²) in [7, 11) is -3.53. The summed E-state index contributed by atoms with van der Waals surface area (Å²) < 4.78 is 28.7. The Balaban J connectivity index is 1.93. The molecule has 0 saturated heterocycles. The highest BCUT2D eigenvalue weighted by atomic mass is 79.9. The van der Waals surface area contributed by atoms with Crippen molar-refractivity contribution in [2.24, 2.45) is 0 Å². The SMILES string of the molecule is O=S(=O)(NCc1ccc(Br)s1)c1cccc2ccccc12. The van der Waals surface area contributed by atoms with Crippen molar-refractivity contribution in [2.45, 2.75) is 11.4 Å². The van der Waals surface area contributed by atoms with Gasteiger partial charge in [0.05, 0.1) is 8.68 Å². The van der Waals surface area contributed by atoms with E-state index in [-0.39, 0.29) is 0 Å². The molecular formula is C15H12BrNO2S2.